The minimum absolute atomic E-state index is 0.126. The van der Waals surface area contributed by atoms with Gasteiger partial charge in [-0.3, -0.25) is 4.79 Å². The molecule has 0 saturated carbocycles. The van der Waals surface area contributed by atoms with Crippen molar-refractivity contribution in [1.29, 1.82) is 0 Å². The van der Waals surface area contributed by atoms with E-state index in [9.17, 15) is 4.79 Å². The van der Waals surface area contributed by atoms with Crippen LogP contribution in [-0.2, 0) is 11.2 Å². The van der Waals surface area contributed by atoms with Crippen LogP contribution in [0.3, 0.4) is 0 Å². The number of benzene rings is 1. The van der Waals surface area contributed by atoms with Crippen molar-refractivity contribution >= 4 is 5.91 Å². The number of likely N-dealkylation sites (tertiary alicyclic amines) is 1. The Morgan fingerprint density at radius 3 is 2.90 bits per heavy atom. The van der Waals surface area contributed by atoms with Crippen LogP contribution in [0.5, 0.6) is 0 Å². The summed E-state index contributed by atoms with van der Waals surface area (Å²) >= 11 is 0. The van der Waals surface area contributed by atoms with E-state index in [0.717, 1.165) is 38.2 Å². The first kappa shape index (κ1) is 14.5. The third-order valence-corrected chi connectivity index (χ3v) is 4.77. The Bertz CT molecular complexity index is 495. The molecule has 21 heavy (non-hydrogen) atoms. The average Bonchev–Trinajstić information content (AvgIpc) is 2.53. The summed E-state index contributed by atoms with van der Waals surface area (Å²) in [4.78, 5) is 14.8. The van der Waals surface area contributed by atoms with Crippen LogP contribution in [0, 0.1) is 5.92 Å². The second kappa shape index (κ2) is 6.58. The van der Waals surface area contributed by atoms with Crippen molar-refractivity contribution in [2.24, 2.45) is 5.92 Å². The number of piperidine rings is 1. The van der Waals surface area contributed by atoms with Gasteiger partial charge in [-0.1, -0.05) is 24.3 Å². The first-order chi connectivity index (χ1) is 10.2. The van der Waals surface area contributed by atoms with Gasteiger partial charge in [-0.2, -0.15) is 0 Å². The summed E-state index contributed by atoms with van der Waals surface area (Å²) in [6.45, 7) is 3.98. The number of hydrogen-bond acceptors (Lipinski definition) is 3. The number of amides is 1. The van der Waals surface area contributed by atoms with Crippen LogP contribution in [0.4, 0.5) is 0 Å². The SMILES string of the molecule is CN1CCC(CNC(=O)C2NCCc3ccccc32)CC1. The van der Waals surface area contributed by atoms with E-state index < -0.39 is 0 Å². The second-order valence-electron chi connectivity index (χ2n) is 6.33. The Labute approximate surface area is 126 Å². The van der Waals surface area contributed by atoms with Gasteiger partial charge in [-0.15, -0.1) is 0 Å². The molecule has 1 aromatic rings. The number of carbonyl (C=O) groups is 1. The maximum absolute atomic E-state index is 12.5. The smallest absolute Gasteiger partial charge is 0.241 e. The summed E-state index contributed by atoms with van der Waals surface area (Å²) < 4.78 is 0. The van der Waals surface area contributed by atoms with Crippen molar-refractivity contribution in [2.75, 3.05) is 33.2 Å². The number of fused-ring (bicyclic) bond motifs is 1. The van der Waals surface area contributed by atoms with E-state index in [1.807, 2.05) is 6.07 Å². The summed E-state index contributed by atoms with van der Waals surface area (Å²) in [5, 5.41) is 6.51. The molecule has 2 N–H and O–H groups in total. The first-order valence-corrected chi connectivity index (χ1v) is 8.01. The van der Waals surface area contributed by atoms with Gasteiger partial charge in [-0.25, -0.2) is 0 Å². The fourth-order valence-corrected chi connectivity index (χ4v) is 3.35. The zero-order chi connectivity index (χ0) is 14.7. The van der Waals surface area contributed by atoms with Crippen LogP contribution in [0.2, 0.25) is 0 Å². The van der Waals surface area contributed by atoms with Gasteiger partial charge < -0.3 is 15.5 Å². The molecule has 1 amide bonds. The van der Waals surface area contributed by atoms with Crippen molar-refractivity contribution in [3.05, 3.63) is 35.4 Å². The van der Waals surface area contributed by atoms with Crippen molar-refractivity contribution in [1.82, 2.24) is 15.5 Å². The van der Waals surface area contributed by atoms with Crippen LogP contribution >= 0.6 is 0 Å². The fraction of sp³-hybridized carbons (Fsp3) is 0.588. The standard InChI is InChI=1S/C17H25N3O/c1-20-10-7-13(8-11-20)12-19-17(21)16-15-5-3-2-4-14(15)6-9-18-16/h2-5,13,16,18H,6-12H2,1H3,(H,19,21). The molecule has 4 nitrogen and oxygen atoms in total. The zero-order valence-corrected chi connectivity index (χ0v) is 12.8. The lowest BCUT2D eigenvalue weighted by molar-refractivity contribution is -0.123. The lowest BCUT2D eigenvalue weighted by atomic mass is 9.93. The van der Waals surface area contributed by atoms with Crippen molar-refractivity contribution in [3.8, 4) is 0 Å². The summed E-state index contributed by atoms with van der Waals surface area (Å²) in [6.07, 6.45) is 3.38. The first-order valence-electron chi connectivity index (χ1n) is 8.01. The molecule has 3 rings (SSSR count). The molecule has 0 aromatic heterocycles. The Morgan fingerprint density at radius 1 is 1.33 bits per heavy atom. The van der Waals surface area contributed by atoms with Gasteiger partial charge in [0.1, 0.15) is 6.04 Å². The van der Waals surface area contributed by atoms with Crippen molar-refractivity contribution < 1.29 is 4.79 Å². The lowest BCUT2D eigenvalue weighted by Crippen LogP contribution is -2.44. The highest BCUT2D eigenvalue weighted by molar-refractivity contribution is 5.83. The molecular weight excluding hydrogens is 262 g/mol. The summed E-state index contributed by atoms with van der Waals surface area (Å²) in [6, 6.07) is 8.09. The van der Waals surface area contributed by atoms with Crippen LogP contribution < -0.4 is 10.6 Å². The van der Waals surface area contributed by atoms with E-state index in [0.29, 0.717) is 5.92 Å². The lowest BCUT2D eigenvalue weighted by Gasteiger charge is -2.30. The summed E-state index contributed by atoms with van der Waals surface area (Å²) in [7, 11) is 2.16. The largest absolute Gasteiger partial charge is 0.354 e. The van der Waals surface area contributed by atoms with Gasteiger partial charge in [0.15, 0.2) is 0 Å². The molecular formula is C17H25N3O. The molecule has 1 atom stereocenters. The fourth-order valence-electron chi connectivity index (χ4n) is 3.35. The molecule has 2 aliphatic rings. The molecule has 114 valence electrons. The molecule has 0 aliphatic carbocycles. The quantitative estimate of drug-likeness (QED) is 0.881. The molecule has 1 fully saturated rings. The third-order valence-electron chi connectivity index (χ3n) is 4.77. The average molecular weight is 287 g/mol. The van der Waals surface area contributed by atoms with E-state index in [1.165, 1.54) is 18.4 Å². The van der Waals surface area contributed by atoms with Crippen molar-refractivity contribution in [3.63, 3.8) is 0 Å². The van der Waals surface area contributed by atoms with E-state index >= 15 is 0 Å². The van der Waals surface area contributed by atoms with E-state index in [4.69, 9.17) is 0 Å². The highest BCUT2D eigenvalue weighted by Gasteiger charge is 2.26. The van der Waals surface area contributed by atoms with E-state index in [2.05, 4.69) is 40.8 Å². The number of rotatable bonds is 3. The number of nitrogens with one attached hydrogen (secondary N) is 2. The van der Waals surface area contributed by atoms with Gasteiger partial charge in [0.25, 0.3) is 0 Å². The molecule has 2 aliphatic heterocycles. The van der Waals surface area contributed by atoms with E-state index in [-0.39, 0.29) is 11.9 Å². The predicted octanol–water partition coefficient (Wildman–Crippen LogP) is 1.33. The molecule has 2 heterocycles. The third kappa shape index (κ3) is 3.44. The number of hydrogen-bond donors (Lipinski definition) is 2. The minimum Gasteiger partial charge on any atom is -0.354 e. The molecule has 1 unspecified atom stereocenters. The molecule has 1 saturated heterocycles. The normalized spacial score (nSPS) is 23.6. The van der Waals surface area contributed by atoms with Crippen molar-refractivity contribution in [2.45, 2.75) is 25.3 Å². The Morgan fingerprint density at radius 2 is 2.10 bits per heavy atom. The molecule has 0 bridgehead atoms. The van der Waals surface area contributed by atoms with E-state index in [1.54, 1.807) is 0 Å². The monoisotopic (exact) mass is 287 g/mol. The predicted molar refractivity (Wildman–Crippen MR) is 84.1 cm³/mol. The Kier molecular flexibility index (Phi) is 4.56. The van der Waals surface area contributed by atoms with Crippen LogP contribution in [0.15, 0.2) is 24.3 Å². The van der Waals surface area contributed by atoms with Gasteiger partial charge in [0.2, 0.25) is 5.91 Å². The molecule has 4 heteroatoms. The molecule has 0 radical (unpaired) electrons. The van der Waals surface area contributed by atoms with Gasteiger partial charge >= 0.3 is 0 Å². The summed E-state index contributed by atoms with van der Waals surface area (Å²) in [5.74, 6) is 0.755. The topological polar surface area (TPSA) is 44.4 Å². The maximum Gasteiger partial charge on any atom is 0.241 e. The highest BCUT2D eigenvalue weighted by Crippen LogP contribution is 2.23. The maximum atomic E-state index is 12.5. The second-order valence-corrected chi connectivity index (χ2v) is 6.33. The van der Waals surface area contributed by atoms with Crippen LogP contribution in [0.1, 0.15) is 30.0 Å². The van der Waals surface area contributed by atoms with Gasteiger partial charge in [0, 0.05) is 13.1 Å². The number of carbonyl (C=O) groups excluding carboxylic acids is 1. The molecule has 1 aromatic carbocycles. The Hall–Kier alpha value is -1.39. The Balaban J connectivity index is 1.57. The zero-order valence-electron chi connectivity index (χ0n) is 12.8. The molecule has 0 spiro atoms. The highest BCUT2D eigenvalue weighted by atomic mass is 16.2. The van der Waals surface area contributed by atoms with Gasteiger partial charge in [-0.05, 0) is 56.4 Å². The van der Waals surface area contributed by atoms with Crippen LogP contribution in [0.25, 0.3) is 0 Å². The minimum atomic E-state index is -0.179. The van der Waals surface area contributed by atoms with Crippen LogP contribution in [-0.4, -0.2) is 44.0 Å². The summed E-state index contributed by atoms with van der Waals surface area (Å²) in [5.41, 5.74) is 2.44. The van der Waals surface area contributed by atoms with Gasteiger partial charge in [0.05, 0.1) is 0 Å². The number of nitrogens with zero attached hydrogens (tertiary/aromatic N) is 1.